The Bertz CT molecular complexity index is 331. The fourth-order valence-corrected chi connectivity index (χ4v) is 1.89. The Morgan fingerprint density at radius 2 is 1.80 bits per heavy atom. The van der Waals surface area contributed by atoms with Gasteiger partial charge in [0.15, 0.2) is 12.0 Å². The monoisotopic (exact) mass is 207 g/mol. The second kappa shape index (κ2) is 4.01. The largest absolute Gasteiger partial charge is 0.371 e. The van der Waals surface area contributed by atoms with Gasteiger partial charge in [0.1, 0.15) is 0 Å². The number of anilines is 1. The van der Waals surface area contributed by atoms with Crippen molar-refractivity contribution < 1.29 is 9.18 Å². The van der Waals surface area contributed by atoms with Crippen LogP contribution in [0.15, 0.2) is 30.3 Å². The van der Waals surface area contributed by atoms with Crippen LogP contribution in [0.4, 0.5) is 10.1 Å². The summed E-state index contributed by atoms with van der Waals surface area (Å²) in [5, 5.41) is 0. The summed E-state index contributed by atoms with van der Waals surface area (Å²) < 4.78 is 13.6. The third kappa shape index (κ3) is 2.17. The van der Waals surface area contributed by atoms with Crippen molar-refractivity contribution in [1.82, 2.24) is 0 Å². The highest BCUT2D eigenvalue weighted by Crippen LogP contribution is 2.27. The van der Waals surface area contributed by atoms with E-state index in [1.54, 1.807) is 0 Å². The van der Waals surface area contributed by atoms with Crippen LogP contribution in [-0.2, 0) is 4.79 Å². The molecular weight excluding hydrogens is 193 g/mol. The molecule has 0 N–H and O–H groups in total. The number of rotatable bonds is 2. The van der Waals surface area contributed by atoms with Crippen molar-refractivity contribution in [3.05, 3.63) is 30.3 Å². The van der Waals surface area contributed by atoms with Gasteiger partial charge in [-0.1, -0.05) is 18.2 Å². The fraction of sp³-hybridized carbons (Fsp3) is 0.417. The molecule has 0 unspecified atom stereocenters. The number of alkyl halides is 1. The van der Waals surface area contributed by atoms with Crippen LogP contribution in [0.25, 0.3) is 0 Å². The van der Waals surface area contributed by atoms with Gasteiger partial charge < -0.3 is 4.90 Å². The molecule has 0 saturated carbocycles. The minimum absolute atomic E-state index is 0.297. The number of carbonyl (C=O) groups excluding carboxylic acids is 1. The average Bonchev–Trinajstić information content (AvgIpc) is 2.31. The van der Waals surface area contributed by atoms with Gasteiger partial charge in [-0.15, -0.1) is 0 Å². The van der Waals surface area contributed by atoms with Gasteiger partial charge in [-0.3, -0.25) is 4.79 Å². The molecule has 1 heterocycles. The lowest BCUT2D eigenvalue weighted by atomic mass is 9.95. The molecule has 2 rings (SSSR count). The Morgan fingerprint density at radius 3 is 2.33 bits per heavy atom. The number of aldehydes is 1. The number of para-hydroxylation sites is 1. The van der Waals surface area contributed by atoms with Crippen LogP contribution >= 0.6 is 0 Å². The predicted octanol–water partition coefficient (Wildman–Crippen LogP) is 2.19. The Balaban J connectivity index is 2.03. The maximum absolute atomic E-state index is 13.6. The van der Waals surface area contributed by atoms with Gasteiger partial charge in [-0.05, 0) is 12.1 Å². The van der Waals surface area contributed by atoms with Gasteiger partial charge in [0.05, 0.1) is 0 Å². The minimum Gasteiger partial charge on any atom is -0.371 e. The quantitative estimate of drug-likeness (QED) is 0.693. The van der Waals surface area contributed by atoms with Gasteiger partial charge in [0.2, 0.25) is 0 Å². The van der Waals surface area contributed by atoms with Crippen LogP contribution in [0.1, 0.15) is 12.8 Å². The third-order valence-electron chi connectivity index (χ3n) is 2.93. The highest BCUT2D eigenvalue weighted by Gasteiger charge is 2.33. The summed E-state index contributed by atoms with van der Waals surface area (Å²) >= 11 is 0. The number of benzene rings is 1. The van der Waals surface area contributed by atoms with E-state index in [4.69, 9.17) is 0 Å². The van der Waals surface area contributed by atoms with E-state index in [2.05, 4.69) is 4.90 Å². The zero-order chi connectivity index (χ0) is 10.7. The second-order valence-electron chi connectivity index (χ2n) is 3.98. The molecule has 1 saturated heterocycles. The number of hydrogen-bond acceptors (Lipinski definition) is 2. The van der Waals surface area contributed by atoms with Gasteiger partial charge >= 0.3 is 0 Å². The van der Waals surface area contributed by atoms with E-state index in [9.17, 15) is 9.18 Å². The zero-order valence-corrected chi connectivity index (χ0v) is 8.53. The summed E-state index contributed by atoms with van der Waals surface area (Å²) in [6, 6.07) is 9.90. The first-order valence-electron chi connectivity index (χ1n) is 5.19. The maximum Gasteiger partial charge on any atom is 0.169 e. The number of halogens is 1. The average molecular weight is 207 g/mol. The van der Waals surface area contributed by atoms with Gasteiger partial charge in [0.25, 0.3) is 0 Å². The van der Waals surface area contributed by atoms with E-state index in [0.717, 1.165) is 5.69 Å². The molecule has 0 bridgehead atoms. The first-order chi connectivity index (χ1) is 7.23. The van der Waals surface area contributed by atoms with Crippen molar-refractivity contribution in [2.24, 2.45) is 0 Å². The lowest BCUT2D eigenvalue weighted by molar-refractivity contribution is -0.119. The molecule has 0 radical (unpaired) electrons. The lowest BCUT2D eigenvalue weighted by Crippen LogP contribution is -2.42. The fourth-order valence-electron chi connectivity index (χ4n) is 1.89. The molecule has 0 amide bonds. The molecular formula is C12H14FNO. The van der Waals surface area contributed by atoms with Crippen LogP contribution in [0.5, 0.6) is 0 Å². The molecule has 0 aliphatic carbocycles. The molecule has 1 aliphatic heterocycles. The summed E-state index contributed by atoms with van der Waals surface area (Å²) in [6.45, 7) is 1.22. The molecule has 80 valence electrons. The molecule has 3 heteroatoms. The maximum atomic E-state index is 13.6. The Morgan fingerprint density at radius 1 is 1.20 bits per heavy atom. The van der Waals surface area contributed by atoms with Crippen LogP contribution in [0, 0.1) is 0 Å². The number of carbonyl (C=O) groups is 1. The van der Waals surface area contributed by atoms with Gasteiger partial charge in [-0.25, -0.2) is 4.39 Å². The van der Waals surface area contributed by atoms with Crippen molar-refractivity contribution in [3.63, 3.8) is 0 Å². The first kappa shape index (κ1) is 10.1. The number of nitrogens with zero attached hydrogens (tertiary/aromatic N) is 1. The lowest BCUT2D eigenvalue weighted by Gasteiger charge is -2.34. The number of piperidine rings is 1. The second-order valence-corrected chi connectivity index (χ2v) is 3.98. The summed E-state index contributed by atoms with van der Waals surface area (Å²) in [6.07, 6.45) is 1.05. The molecule has 1 aliphatic rings. The van der Waals surface area contributed by atoms with E-state index in [1.807, 2.05) is 30.3 Å². The molecule has 0 atom stereocenters. The molecule has 0 spiro atoms. The Kier molecular flexibility index (Phi) is 2.71. The van der Waals surface area contributed by atoms with E-state index >= 15 is 0 Å². The van der Waals surface area contributed by atoms with E-state index in [0.29, 0.717) is 32.2 Å². The normalized spacial score (nSPS) is 19.9. The predicted molar refractivity (Wildman–Crippen MR) is 57.8 cm³/mol. The summed E-state index contributed by atoms with van der Waals surface area (Å²) in [4.78, 5) is 12.6. The molecule has 1 fully saturated rings. The van der Waals surface area contributed by atoms with Crippen molar-refractivity contribution in [2.75, 3.05) is 18.0 Å². The minimum atomic E-state index is -1.59. The van der Waals surface area contributed by atoms with Gasteiger partial charge in [-0.2, -0.15) is 0 Å². The first-order valence-corrected chi connectivity index (χ1v) is 5.19. The van der Waals surface area contributed by atoms with Crippen LogP contribution in [0.2, 0.25) is 0 Å². The number of hydrogen-bond donors (Lipinski definition) is 0. The SMILES string of the molecule is O=CC1(F)CCN(c2ccccc2)CC1. The summed E-state index contributed by atoms with van der Waals surface area (Å²) in [5.41, 5.74) is -0.490. The van der Waals surface area contributed by atoms with Crippen LogP contribution < -0.4 is 4.90 Å². The van der Waals surface area contributed by atoms with Gasteiger partial charge in [0, 0.05) is 31.6 Å². The van der Waals surface area contributed by atoms with Crippen molar-refractivity contribution in [1.29, 1.82) is 0 Å². The van der Waals surface area contributed by atoms with Crippen LogP contribution in [-0.4, -0.2) is 25.0 Å². The topological polar surface area (TPSA) is 20.3 Å². The highest BCUT2D eigenvalue weighted by atomic mass is 19.1. The van der Waals surface area contributed by atoms with Crippen LogP contribution in [0.3, 0.4) is 0 Å². The molecule has 0 aromatic heterocycles. The van der Waals surface area contributed by atoms with E-state index < -0.39 is 5.67 Å². The van der Waals surface area contributed by atoms with E-state index in [1.165, 1.54) is 0 Å². The standard InChI is InChI=1S/C12H14FNO/c13-12(10-15)6-8-14(9-7-12)11-4-2-1-3-5-11/h1-5,10H,6-9H2. The third-order valence-corrected chi connectivity index (χ3v) is 2.93. The molecule has 15 heavy (non-hydrogen) atoms. The van der Waals surface area contributed by atoms with Crippen molar-refractivity contribution >= 4 is 12.0 Å². The Hall–Kier alpha value is -1.38. The van der Waals surface area contributed by atoms with Crippen molar-refractivity contribution in [3.8, 4) is 0 Å². The molecule has 2 nitrogen and oxygen atoms in total. The van der Waals surface area contributed by atoms with Crippen molar-refractivity contribution in [2.45, 2.75) is 18.5 Å². The Labute approximate surface area is 88.7 Å². The molecule has 1 aromatic rings. The summed E-state index contributed by atoms with van der Waals surface area (Å²) in [5.74, 6) is 0. The zero-order valence-electron chi connectivity index (χ0n) is 8.53. The summed E-state index contributed by atoms with van der Waals surface area (Å²) in [7, 11) is 0. The van der Waals surface area contributed by atoms with E-state index in [-0.39, 0.29) is 0 Å². The smallest absolute Gasteiger partial charge is 0.169 e. The highest BCUT2D eigenvalue weighted by molar-refractivity contribution is 5.63. The molecule has 1 aromatic carbocycles.